The topological polar surface area (TPSA) is 36.3 Å². The van der Waals surface area contributed by atoms with Crippen LogP contribution in [0.1, 0.15) is 68.7 Å². The second kappa shape index (κ2) is 12.2. The van der Waals surface area contributed by atoms with Crippen LogP contribution in [0.25, 0.3) is 17.7 Å². The number of thiophene rings is 1. The van der Waals surface area contributed by atoms with Crippen molar-refractivity contribution in [2.75, 3.05) is 25.1 Å². The molecule has 160 valence electrons. The summed E-state index contributed by atoms with van der Waals surface area (Å²) in [7, 11) is 1.74. The molecule has 0 bridgehead atoms. The van der Waals surface area contributed by atoms with Gasteiger partial charge in [0.1, 0.15) is 5.75 Å². The van der Waals surface area contributed by atoms with Crippen LogP contribution in [0.15, 0.2) is 35.9 Å². The van der Waals surface area contributed by atoms with Gasteiger partial charge in [0.2, 0.25) is 0 Å². The molecule has 0 atom stereocenters. The number of nitriles is 1. The average molecular weight is 423 g/mol. The van der Waals surface area contributed by atoms with Crippen molar-refractivity contribution in [3.63, 3.8) is 0 Å². The van der Waals surface area contributed by atoms with Gasteiger partial charge in [-0.3, -0.25) is 0 Å². The van der Waals surface area contributed by atoms with Crippen LogP contribution in [0.4, 0.5) is 5.69 Å². The maximum atomic E-state index is 9.11. The monoisotopic (exact) mass is 422 g/mol. The van der Waals surface area contributed by atoms with Crippen LogP contribution in [-0.4, -0.2) is 20.2 Å². The highest BCUT2D eigenvalue weighted by Gasteiger charge is 2.09. The Kier molecular flexibility index (Phi) is 9.70. The zero-order chi connectivity index (χ0) is 21.9. The van der Waals surface area contributed by atoms with E-state index in [1.54, 1.807) is 18.4 Å². The minimum absolute atomic E-state index is 0.764. The molecule has 0 radical (unpaired) electrons. The molecule has 0 aliphatic rings. The Morgan fingerprint density at radius 1 is 1.07 bits per heavy atom. The Morgan fingerprint density at radius 2 is 1.77 bits per heavy atom. The van der Waals surface area contributed by atoms with Crippen LogP contribution in [0, 0.1) is 11.3 Å². The standard InChI is InChI=1S/C26H34N2OS/c1-6-8-16-28(17-9-7-2)23-12-10-22(25(18-23)29-5)11-13-24-14-15-26(30-24)21(4)20(3)19-27/h10-15,18H,6-9,16-17H2,1-5H3. The Morgan fingerprint density at radius 3 is 2.37 bits per heavy atom. The minimum Gasteiger partial charge on any atom is -0.496 e. The molecular formula is C26H34N2OS. The van der Waals surface area contributed by atoms with Crippen molar-refractivity contribution in [1.82, 2.24) is 0 Å². The molecule has 2 aromatic rings. The van der Waals surface area contributed by atoms with Crippen molar-refractivity contribution < 1.29 is 4.74 Å². The SMILES string of the molecule is CCCCN(CCCC)c1ccc(C=Cc2ccc(C(C)=C(C)C#N)s2)c(OC)c1. The number of hydrogen-bond donors (Lipinski definition) is 0. The second-order valence-electron chi connectivity index (χ2n) is 7.52. The fourth-order valence-corrected chi connectivity index (χ4v) is 4.16. The summed E-state index contributed by atoms with van der Waals surface area (Å²) in [6, 6.07) is 12.9. The lowest BCUT2D eigenvalue weighted by Crippen LogP contribution is -2.25. The van der Waals surface area contributed by atoms with Crippen molar-refractivity contribution in [3.8, 4) is 11.8 Å². The lowest BCUT2D eigenvalue weighted by atomic mass is 10.1. The summed E-state index contributed by atoms with van der Waals surface area (Å²) in [6.07, 6.45) is 9.03. The van der Waals surface area contributed by atoms with Crippen LogP contribution in [0.2, 0.25) is 0 Å². The van der Waals surface area contributed by atoms with Crippen molar-refractivity contribution in [2.24, 2.45) is 0 Å². The van der Waals surface area contributed by atoms with Gasteiger partial charge in [0.25, 0.3) is 0 Å². The molecule has 0 spiro atoms. The summed E-state index contributed by atoms with van der Waals surface area (Å²) in [5.41, 5.74) is 4.11. The van der Waals surface area contributed by atoms with Crippen LogP contribution < -0.4 is 9.64 Å². The van der Waals surface area contributed by atoms with Gasteiger partial charge in [0.05, 0.1) is 13.2 Å². The largest absolute Gasteiger partial charge is 0.496 e. The van der Waals surface area contributed by atoms with E-state index in [0.29, 0.717) is 0 Å². The van der Waals surface area contributed by atoms with Gasteiger partial charge in [-0.15, -0.1) is 11.3 Å². The molecule has 2 rings (SSSR count). The van der Waals surface area contributed by atoms with Gasteiger partial charge in [-0.2, -0.15) is 5.26 Å². The number of rotatable bonds is 11. The number of nitrogens with zero attached hydrogens (tertiary/aromatic N) is 2. The molecule has 4 heteroatoms. The van der Waals surface area contributed by atoms with Crippen molar-refractivity contribution in [1.29, 1.82) is 5.26 Å². The lowest BCUT2D eigenvalue weighted by Gasteiger charge is -2.25. The van der Waals surface area contributed by atoms with Crippen LogP contribution in [-0.2, 0) is 0 Å². The number of unbranched alkanes of at least 4 members (excludes halogenated alkanes) is 2. The first kappa shape index (κ1) is 23.8. The summed E-state index contributed by atoms with van der Waals surface area (Å²) >= 11 is 1.70. The van der Waals surface area contributed by atoms with E-state index in [1.807, 2.05) is 13.8 Å². The van der Waals surface area contributed by atoms with Gasteiger partial charge in [0, 0.05) is 45.7 Å². The first-order valence-corrected chi connectivity index (χ1v) is 11.6. The third-order valence-corrected chi connectivity index (χ3v) is 6.47. The number of ether oxygens (including phenoxy) is 1. The van der Waals surface area contributed by atoms with E-state index in [9.17, 15) is 0 Å². The van der Waals surface area contributed by atoms with E-state index in [1.165, 1.54) is 31.4 Å². The summed E-state index contributed by atoms with van der Waals surface area (Å²) in [4.78, 5) is 4.77. The molecule has 0 aliphatic carbocycles. The van der Waals surface area contributed by atoms with E-state index in [2.05, 4.69) is 67.3 Å². The van der Waals surface area contributed by atoms with E-state index < -0.39 is 0 Å². The molecule has 0 aliphatic heterocycles. The first-order chi connectivity index (χ1) is 14.5. The van der Waals surface area contributed by atoms with Gasteiger partial charge in [-0.05, 0) is 68.7 Å². The molecule has 0 N–H and O–H groups in total. The molecule has 0 unspecified atom stereocenters. The molecule has 1 aromatic carbocycles. The second-order valence-corrected chi connectivity index (χ2v) is 8.63. The zero-order valence-electron chi connectivity index (χ0n) is 19.0. The van der Waals surface area contributed by atoms with Gasteiger partial charge in [0.15, 0.2) is 0 Å². The number of hydrogen-bond acceptors (Lipinski definition) is 4. The number of anilines is 1. The van der Waals surface area contributed by atoms with Crippen LogP contribution >= 0.6 is 11.3 Å². The fraction of sp³-hybridized carbons (Fsp3) is 0.423. The molecule has 0 saturated heterocycles. The maximum Gasteiger partial charge on any atom is 0.128 e. The van der Waals surface area contributed by atoms with E-state index in [4.69, 9.17) is 10.00 Å². The van der Waals surface area contributed by atoms with Crippen molar-refractivity contribution >= 4 is 34.7 Å². The predicted octanol–water partition coefficient (Wildman–Crippen LogP) is 7.65. The van der Waals surface area contributed by atoms with E-state index in [-0.39, 0.29) is 0 Å². The maximum absolute atomic E-state index is 9.11. The Hall–Kier alpha value is -2.51. The number of methoxy groups -OCH3 is 1. The third-order valence-electron chi connectivity index (χ3n) is 5.30. The molecule has 0 fully saturated rings. The summed E-state index contributed by atoms with van der Waals surface area (Å²) in [5.74, 6) is 0.898. The highest BCUT2D eigenvalue weighted by Crippen LogP contribution is 2.30. The molecule has 0 amide bonds. The molecule has 1 heterocycles. The van der Waals surface area contributed by atoms with E-state index in [0.717, 1.165) is 45.3 Å². The number of benzene rings is 1. The average Bonchev–Trinajstić information content (AvgIpc) is 3.25. The summed E-state index contributed by atoms with van der Waals surface area (Å²) < 4.78 is 5.70. The molecule has 30 heavy (non-hydrogen) atoms. The Labute approximate surface area is 186 Å². The van der Waals surface area contributed by atoms with Crippen molar-refractivity contribution in [3.05, 3.63) is 51.2 Å². The zero-order valence-corrected chi connectivity index (χ0v) is 19.8. The van der Waals surface area contributed by atoms with Crippen molar-refractivity contribution in [2.45, 2.75) is 53.4 Å². The first-order valence-electron chi connectivity index (χ1n) is 10.8. The smallest absolute Gasteiger partial charge is 0.128 e. The highest BCUT2D eigenvalue weighted by atomic mass is 32.1. The molecular weight excluding hydrogens is 388 g/mol. The van der Waals surface area contributed by atoms with Gasteiger partial charge in [-0.25, -0.2) is 0 Å². The fourth-order valence-electron chi connectivity index (χ4n) is 3.19. The molecule has 3 nitrogen and oxygen atoms in total. The number of allylic oxidation sites excluding steroid dienone is 2. The summed E-state index contributed by atoms with van der Waals surface area (Å²) in [6.45, 7) is 10.5. The highest BCUT2D eigenvalue weighted by molar-refractivity contribution is 7.14. The third kappa shape index (κ3) is 6.50. The molecule has 1 aromatic heterocycles. The van der Waals surface area contributed by atoms with Crippen LogP contribution in [0.5, 0.6) is 5.75 Å². The normalized spacial score (nSPS) is 12.0. The Balaban J connectivity index is 2.22. The van der Waals surface area contributed by atoms with E-state index >= 15 is 0 Å². The van der Waals surface area contributed by atoms with Gasteiger partial charge in [-0.1, -0.05) is 26.7 Å². The van der Waals surface area contributed by atoms with Gasteiger partial charge >= 0.3 is 0 Å². The predicted molar refractivity (Wildman–Crippen MR) is 132 cm³/mol. The lowest BCUT2D eigenvalue weighted by molar-refractivity contribution is 0.414. The Bertz CT molecular complexity index is 909. The quantitative estimate of drug-likeness (QED) is 0.349. The van der Waals surface area contributed by atoms with Gasteiger partial charge < -0.3 is 9.64 Å². The summed E-state index contributed by atoms with van der Waals surface area (Å²) in [5, 5.41) is 9.11. The minimum atomic E-state index is 0.764. The van der Waals surface area contributed by atoms with Crippen LogP contribution in [0.3, 0.4) is 0 Å². The molecule has 0 saturated carbocycles.